The van der Waals surface area contributed by atoms with Crippen molar-refractivity contribution in [3.63, 3.8) is 0 Å². The van der Waals surface area contributed by atoms with Gasteiger partial charge in [-0.25, -0.2) is 8.42 Å². The van der Waals surface area contributed by atoms with Gasteiger partial charge in [0, 0.05) is 24.4 Å². The van der Waals surface area contributed by atoms with Gasteiger partial charge in [-0.05, 0) is 55.3 Å². The van der Waals surface area contributed by atoms with Crippen LogP contribution in [0.15, 0.2) is 53.4 Å². The van der Waals surface area contributed by atoms with Crippen LogP contribution in [0.3, 0.4) is 0 Å². The van der Waals surface area contributed by atoms with Gasteiger partial charge in [-0.15, -0.1) is 0 Å². The van der Waals surface area contributed by atoms with E-state index < -0.39 is 10.0 Å². The molecule has 7 nitrogen and oxygen atoms in total. The number of nitrogens with one attached hydrogen (secondary N) is 2. The fourth-order valence-corrected chi connectivity index (χ4v) is 3.86. The maximum Gasteiger partial charge on any atom is 0.261 e. The third kappa shape index (κ3) is 4.99. The fourth-order valence-electron chi connectivity index (χ4n) is 2.81. The molecule has 0 aliphatic carbocycles. The van der Waals surface area contributed by atoms with Gasteiger partial charge >= 0.3 is 0 Å². The van der Waals surface area contributed by atoms with Crippen molar-refractivity contribution in [3.8, 4) is 5.75 Å². The van der Waals surface area contributed by atoms with Crippen LogP contribution in [-0.4, -0.2) is 40.7 Å². The molecule has 3 rings (SSSR count). The maximum absolute atomic E-state index is 12.5. The summed E-state index contributed by atoms with van der Waals surface area (Å²) in [5.41, 5.74) is 0.693. The van der Waals surface area contributed by atoms with Crippen molar-refractivity contribution in [3.05, 3.63) is 54.1 Å². The predicted octanol–water partition coefficient (Wildman–Crippen LogP) is 2.40. The monoisotopic (exact) mass is 390 g/mol. The molecule has 1 unspecified atom stereocenters. The largest absolute Gasteiger partial charge is 0.497 e. The van der Waals surface area contributed by atoms with Gasteiger partial charge in [-0.3, -0.25) is 9.52 Å². The summed E-state index contributed by atoms with van der Waals surface area (Å²) in [7, 11) is -2.25. The Morgan fingerprint density at radius 1 is 1.22 bits per heavy atom. The molecule has 27 heavy (non-hydrogen) atoms. The Kier molecular flexibility index (Phi) is 5.98. The molecule has 1 fully saturated rings. The maximum atomic E-state index is 12.5. The van der Waals surface area contributed by atoms with Gasteiger partial charge in [0.05, 0.1) is 18.1 Å². The molecule has 144 valence electrons. The molecule has 2 N–H and O–H groups in total. The predicted molar refractivity (Wildman–Crippen MR) is 102 cm³/mol. The van der Waals surface area contributed by atoms with Crippen LogP contribution in [0, 0.1) is 0 Å². The number of amides is 1. The van der Waals surface area contributed by atoms with Crippen molar-refractivity contribution in [1.29, 1.82) is 0 Å². The highest BCUT2D eigenvalue weighted by Crippen LogP contribution is 2.20. The molecule has 0 radical (unpaired) electrons. The number of carbonyl (C=O) groups excluding carboxylic acids is 1. The van der Waals surface area contributed by atoms with Crippen LogP contribution >= 0.6 is 0 Å². The van der Waals surface area contributed by atoms with Crippen LogP contribution in [0.4, 0.5) is 5.69 Å². The van der Waals surface area contributed by atoms with Crippen LogP contribution in [0.2, 0.25) is 0 Å². The summed E-state index contributed by atoms with van der Waals surface area (Å²) in [6, 6.07) is 12.4. The molecular weight excluding hydrogens is 368 g/mol. The smallest absolute Gasteiger partial charge is 0.261 e. The van der Waals surface area contributed by atoms with Crippen molar-refractivity contribution >= 4 is 21.6 Å². The minimum atomic E-state index is -3.76. The second kappa shape index (κ2) is 8.41. The number of hydrogen-bond acceptors (Lipinski definition) is 5. The Morgan fingerprint density at radius 3 is 2.67 bits per heavy atom. The first-order valence-electron chi connectivity index (χ1n) is 8.65. The SMILES string of the molecule is COc1ccc(S(=O)(=O)Nc2cccc(C(=O)NCC3CCCO3)c2)cc1. The third-order valence-corrected chi connectivity index (χ3v) is 5.66. The Labute approximate surface area is 158 Å². The van der Waals surface area contributed by atoms with Crippen molar-refractivity contribution in [1.82, 2.24) is 5.32 Å². The second-order valence-corrected chi connectivity index (χ2v) is 7.89. The van der Waals surface area contributed by atoms with Crippen LogP contribution in [0.25, 0.3) is 0 Å². The fraction of sp³-hybridized carbons (Fsp3) is 0.316. The van der Waals surface area contributed by atoms with E-state index in [4.69, 9.17) is 9.47 Å². The van der Waals surface area contributed by atoms with Gasteiger partial charge in [0.2, 0.25) is 0 Å². The minimum absolute atomic E-state index is 0.0470. The van der Waals surface area contributed by atoms with E-state index in [2.05, 4.69) is 10.0 Å². The Hall–Kier alpha value is -2.58. The van der Waals surface area contributed by atoms with E-state index in [0.717, 1.165) is 19.4 Å². The molecule has 1 heterocycles. The standard InChI is InChI=1S/C19H22N2O5S/c1-25-16-7-9-18(10-8-16)27(23,24)21-15-5-2-4-14(12-15)19(22)20-13-17-6-3-11-26-17/h2,4-5,7-10,12,17,21H,3,6,11,13H2,1H3,(H,20,22). The number of anilines is 1. The average molecular weight is 390 g/mol. The summed E-state index contributed by atoms with van der Waals surface area (Å²) in [5.74, 6) is 0.301. The third-order valence-electron chi connectivity index (χ3n) is 4.26. The van der Waals surface area contributed by atoms with E-state index in [1.807, 2.05) is 0 Å². The van der Waals surface area contributed by atoms with E-state index in [0.29, 0.717) is 23.5 Å². The van der Waals surface area contributed by atoms with Crippen molar-refractivity contribution in [2.45, 2.75) is 23.8 Å². The molecule has 8 heteroatoms. The highest BCUT2D eigenvalue weighted by molar-refractivity contribution is 7.92. The molecule has 0 saturated carbocycles. The Bertz CT molecular complexity index is 891. The number of benzene rings is 2. The summed E-state index contributed by atoms with van der Waals surface area (Å²) in [5, 5.41) is 2.82. The number of ether oxygens (including phenoxy) is 2. The summed E-state index contributed by atoms with van der Waals surface area (Å²) in [4.78, 5) is 12.4. The van der Waals surface area contributed by atoms with Crippen LogP contribution < -0.4 is 14.8 Å². The van der Waals surface area contributed by atoms with Gasteiger partial charge < -0.3 is 14.8 Å². The molecule has 1 aliphatic heterocycles. The quantitative estimate of drug-likeness (QED) is 0.757. The van der Waals surface area contributed by atoms with Crippen LogP contribution in [0.1, 0.15) is 23.2 Å². The molecule has 0 spiro atoms. The lowest BCUT2D eigenvalue weighted by Crippen LogP contribution is -2.31. The van der Waals surface area contributed by atoms with Gasteiger partial charge in [0.25, 0.3) is 15.9 Å². The van der Waals surface area contributed by atoms with Gasteiger partial charge in [0.1, 0.15) is 5.75 Å². The van der Waals surface area contributed by atoms with E-state index >= 15 is 0 Å². The first kappa shape index (κ1) is 19.2. The average Bonchev–Trinajstić information content (AvgIpc) is 3.19. The molecule has 0 bridgehead atoms. The lowest BCUT2D eigenvalue weighted by Gasteiger charge is -2.12. The molecule has 1 aliphatic rings. The van der Waals surface area contributed by atoms with Crippen LogP contribution in [-0.2, 0) is 14.8 Å². The van der Waals surface area contributed by atoms with Crippen molar-refractivity contribution in [2.24, 2.45) is 0 Å². The zero-order valence-electron chi connectivity index (χ0n) is 15.0. The highest BCUT2D eigenvalue weighted by Gasteiger charge is 2.18. The second-order valence-electron chi connectivity index (χ2n) is 6.21. The number of carbonyl (C=O) groups is 1. The Balaban J connectivity index is 1.67. The van der Waals surface area contributed by atoms with E-state index in [-0.39, 0.29) is 16.9 Å². The minimum Gasteiger partial charge on any atom is -0.497 e. The summed E-state index contributed by atoms with van der Waals surface area (Å²) in [6.07, 6.45) is 1.98. The van der Waals surface area contributed by atoms with E-state index in [9.17, 15) is 13.2 Å². The zero-order chi connectivity index (χ0) is 19.3. The van der Waals surface area contributed by atoms with E-state index in [1.165, 1.54) is 25.3 Å². The number of methoxy groups -OCH3 is 1. The Morgan fingerprint density at radius 2 is 2.00 bits per heavy atom. The van der Waals surface area contributed by atoms with Crippen molar-refractivity contribution < 1.29 is 22.7 Å². The molecule has 1 atom stereocenters. The molecule has 2 aromatic carbocycles. The lowest BCUT2D eigenvalue weighted by molar-refractivity contribution is 0.0858. The lowest BCUT2D eigenvalue weighted by atomic mass is 10.2. The van der Waals surface area contributed by atoms with Gasteiger partial charge in [0.15, 0.2) is 0 Å². The topological polar surface area (TPSA) is 93.7 Å². The van der Waals surface area contributed by atoms with Crippen molar-refractivity contribution in [2.75, 3.05) is 25.0 Å². The van der Waals surface area contributed by atoms with Crippen LogP contribution in [0.5, 0.6) is 5.75 Å². The van der Waals surface area contributed by atoms with Gasteiger partial charge in [-0.1, -0.05) is 6.07 Å². The zero-order valence-corrected chi connectivity index (χ0v) is 15.8. The molecular formula is C19H22N2O5S. The number of sulfonamides is 1. The molecule has 2 aromatic rings. The molecule has 0 aromatic heterocycles. The summed E-state index contributed by atoms with van der Waals surface area (Å²) in [6.45, 7) is 1.17. The summed E-state index contributed by atoms with van der Waals surface area (Å²) >= 11 is 0. The number of rotatable bonds is 7. The number of hydrogen-bond donors (Lipinski definition) is 2. The summed E-state index contributed by atoms with van der Waals surface area (Å²) < 4.78 is 38.0. The normalized spacial score (nSPS) is 16.7. The van der Waals surface area contributed by atoms with E-state index in [1.54, 1.807) is 30.3 Å². The first-order valence-corrected chi connectivity index (χ1v) is 10.1. The molecule has 1 amide bonds. The highest BCUT2D eigenvalue weighted by atomic mass is 32.2. The molecule has 1 saturated heterocycles. The first-order chi connectivity index (χ1) is 13.0. The van der Waals surface area contributed by atoms with Gasteiger partial charge in [-0.2, -0.15) is 0 Å².